The van der Waals surface area contributed by atoms with Crippen LogP contribution in [0.4, 0.5) is 0 Å². The Hall–Kier alpha value is -1.32. The number of hydrogen-bond donors (Lipinski definition) is 1. The highest BCUT2D eigenvalue weighted by atomic mass is 15.1. The van der Waals surface area contributed by atoms with Gasteiger partial charge >= 0.3 is 0 Å². The number of fused-ring (bicyclic) bond motifs is 1. The zero-order valence-corrected chi connectivity index (χ0v) is 11.5. The summed E-state index contributed by atoms with van der Waals surface area (Å²) < 4.78 is 2.37. The second kappa shape index (κ2) is 5.76. The van der Waals surface area contributed by atoms with Crippen molar-refractivity contribution in [1.29, 1.82) is 0 Å². The second-order valence-electron chi connectivity index (χ2n) is 5.47. The Bertz CT molecular complexity index is 538. The van der Waals surface area contributed by atoms with Crippen LogP contribution < -0.4 is 5.73 Å². The van der Waals surface area contributed by atoms with Crippen molar-refractivity contribution in [2.24, 2.45) is 5.73 Å². The highest BCUT2D eigenvalue weighted by molar-refractivity contribution is 5.83. The van der Waals surface area contributed by atoms with Gasteiger partial charge in [0.05, 0.1) is 5.52 Å². The average molecular weight is 257 g/mol. The van der Waals surface area contributed by atoms with E-state index in [-0.39, 0.29) is 0 Å². The quantitative estimate of drug-likeness (QED) is 0.913. The molecule has 1 saturated heterocycles. The Labute approximate surface area is 115 Å². The zero-order valence-electron chi connectivity index (χ0n) is 11.5. The number of nitrogens with two attached hydrogens (primary N) is 1. The number of nitrogens with zero attached hydrogens (tertiary/aromatic N) is 2. The van der Waals surface area contributed by atoms with Crippen LogP contribution in [0.3, 0.4) is 0 Å². The van der Waals surface area contributed by atoms with E-state index in [1.165, 1.54) is 48.8 Å². The molecule has 3 nitrogen and oxygen atoms in total. The molecule has 0 aliphatic carbocycles. The molecule has 0 atom stereocenters. The summed E-state index contributed by atoms with van der Waals surface area (Å²) in [5.41, 5.74) is 8.43. The molecular weight excluding hydrogens is 234 g/mol. The molecule has 0 radical (unpaired) electrons. The van der Waals surface area contributed by atoms with Crippen LogP contribution in [0.25, 0.3) is 10.9 Å². The van der Waals surface area contributed by atoms with Crippen molar-refractivity contribution >= 4 is 10.9 Å². The number of rotatable bonds is 4. The van der Waals surface area contributed by atoms with Crippen molar-refractivity contribution in [2.75, 3.05) is 19.6 Å². The molecule has 0 amide bonds. The maximum atomic E-state index is 5.86. The third-order valence-corrected chi connectivity index (χ3v) is 4.20. The molecule has 102 valence electrons. The molecule has 0 bridgehead atoms. The lowest BCUT2D eigenvalue weighted by Crippen LogP contribution is -2.32. The van der Waals surface area contributed by atoms with Crippen molar-refractivity contribution in [3.8, 4) is 0 Å². The van der Waals surface area contributed by atoms with E-state index in [2.05, 4.69) is 39.9 Å². The number of piperidine rings is 1. The van der Waals surface area contributed by atoms with Crippen LogP contribution >= 0.6 is 0 Å². The molecule has 3 heteroatoms. The summed E-state index contributed by atoms with van der Waals surface area (Å²) in [6.45, 7) is 5.38. The Balaban J connectivity index is 1.77. The van der Waals surface area contributed by atoms with Crippen LogP contribution in [0, 0.1) is 0 Å². The molecule has 1 fully saturated rings. The maximum Gasteiger partial charge on any atom is 0.0526 e. The smallest absolute Gasteiger partial charge is 0.0526 e. The van der Waals surface area contributed by atoms with Gasteiger partial charge in [-0.15, -0.1) is 0 Å². The Morgan fingerprint density at radius 1 is 1.00 bits per heavy atom. The fourth-order valence-corrected chi connectivity index (χ4v) is 3.12. The van der Waals surface area contributed by atoms with Gasteiger partial charge in [0.2, 0.25) is 0 Å². The molecule has 2 heterocycles. The van der Waals surface area contributed by atoms with Gasteiger partial charge in [0.25, 0.3) is 0 Å². The van der Waals surface area contributed by atoms with E-state index in [4.69, 9.17) is 5.73 Å². The highest BCUT2D eigenvalue weighted by Gasteiger charge is 2.11. The first-order valence-electron chi connectivity index (χ1n) is 7.37. The monoisotopic (exact) mass is 257 g/mol. The van der Waals surface area contributed by atoms with Gasteiger partial charge in [0.1, 0.15) is 0 Å². The van der Waals surface area contributed by atoms with Crippen LogP contribution in [-0.4, -0.2) is 29.1 Å². The molecule has 1 aromatic heterocycles. The molecule has 2 N–H and O–H groups in total. The molecule has 19 heavy (non-hydrogen) atoms. The number of aromatic nitrogens is 1. The van der Waals surface area contributed by atoms with Crippen molar-refractivity contribution in [3.05, 3.63) is 36.0 Å². The van der Waals surface area contributed by atoms with E-state index in [1.54, 1.807) is 0 Å². The fourth-order valence-electron chi connectivity index (χ4n) is 3.12. The van der Waals surface area contributed by atoms with Gasteiger partial charge in [-0.1, -0.05) is 24.6 Å². The fraction of sp³-hybridized carbons (Fsp3) is 0.500. The molecule has 1 aromatic carbocycles. The SMILES string of the molecule is NCc1cccc2ccn(CCN3CCCCC3)c12. The molecule has 0 unspecified atom stereocenters. The minimum Gasteiger partial charge on any atom is -0.346 e. The van der Waals surface area contributed by atoms with Crippen molar-refractivity contribution < 1.29 is 0 Å². The number of likely N-dealkylation sites (tertiary alicyclic amines) is 1. The molecule has 3 rings (SSSR count). The van der Waals surface area contributed by atoms with Crippen LogP contribution in [0.2, 0.25) is 0 Å². The lowest BCUT2D eigenvalue weighted by molar-refractivity contribution is 0.221. The van der Waals surface area contributed by atoms with Crippen LogP contribution in [-0.2, 0) is 13.1 Å². The predicted molar refractivity (Wildman–Crippen MR) is 80.1 cm³/mol. The van der Waals surface area contributed by atoms with Gasteiger partial charge < -0.3 is 15.2 Å². The van der Waals surface area contributed by atoms with Gasteiger partial charge in [-0.2, -0.15) is 0 Å². The third kappa shape index (κ3) is 2.67. The molecule has 0 spiro atoms. The van der Waals surface area contributed by atoms with E-state index in [0.29, 0.717) is 6.54 Å². The van der Waals surface area contributed by atoms with Gasteiger partial charge in [-0.3, -0.25) is 0 Å². The minimum absolute atomic E-state index is 0.616. The number of para-hydroxylation sites is 1. The maximum absolute atomic E-state index is 5.86. The second-order valence-corrected chi connectivity index (χ2v) is 5.47. The number of benzene rings is 1. The summed E-state index contributed by atoms with van der Waals surface area (Å²) in [4.78, 5) is 2.58. The Kier molecular flexibility index (Phi) is 3.85. The zero-order chi connectivity index (χ0) is 13.1. The lowest BCUT2D eigenvalue weighted by Gasteiger charge is -2.26. The first kappa shape index (κ1) is 12.7. The summed E-state index contributed by atoms with van der Waals surface area (Å²) in [6.07, 6.45) is 6.33. The van der Waals surface area contributed by atoms with Crippen LogP contribution in [0.15, 0.2) is 30.5 Å². The van der Waals surface area contributed by atoms with Gasteiger partial charge in [0.15, 0.2) is 0 Å². The normalized spacial score (nSPS) is 17.1. The molecule has 1 aliphatic heterocycles. The molecule has 1 aliphatic rings. The van der Waals surface area contributed by atoms with Crippen molar-refractivity contribution in [3.63, 3.8) is 0 Å². The van der Waals surface area contributed by atoms with E-state index >= 15 is 0 Å². The predicted octanol–water partition coefficient (Wildman–Crippen LogP) is 2.59. The van der Waals surface area contributed by atoms with E-state index in [9.17, 15) is 0 Å². The van der Waals surface area contributed by atoms with E-state index in [0.717, 1.165) is 13.1 Å². The van der Waals surface area contributed by atoms with Gasteiger partial charge in [-0.05, 0) is 42.9 Å². The first-order chi connectivity index (χ1) is 9.38. The highest BCUT2D eigenvalue weighted by Crippen LogP contribution is 2.20. The van der Waals surface area contributed by atoms with Gasteiger partial charge in [0, 0.05) is 25.8 Å². The molecule has 0 saturated carbocycles. The molecular formula is C16H23N3. The van der Waals surface area contributed by atoms with Crippen molar-refractivity contribution in [1.82, 2.24) is 9.47 Å². The summed E-state index contributed by atoms with van der Waals surface area (Å²) in [5, 5.41) is 1.31. The van der Waals surface area contributed by atoms with Crippen LogP contribution in [0.1, 0.15) is 24.8 Å². The van der Waals surface area contributed by atoms with Crippen LogP contribution in [0.5, 0.6) is 0 Å². The van der Waals surface area contributed by atoms with E-state index in [1.807, 2.05) is 0 Å². The van der Waals surface area contributed by atoms with Gasteiger partial charge in [-0.25, -0.2) is 0 Å². The standard InChI is InChI=1S/C16H23N3/c17-13-15-6-4-5-14-7-10-19(16(14)15)12-11-18-8-2-1-3-9-18/h4-7,10H,1-3,8-9,11-13,17H2. The largest absolute Gasteiger partial charge is 0.346 e. The van der Waals surface area contributed by atoms with E-state index < -0.39 is 0 Å². The minimum atomic E-state index is 0.616. The number of hydrogen-bond acceptors (Lipinski definition) is 2. The first-order valence-corrected chi connectivity index (χ1v) is 7.37. The molecule has 2 aromatic rings. The Morgan fingerprint density at radius 2 is 1.84 bits per heavy atom. The Morgan fingerprint density at radius 3 is 2.63 bits per heavy atom. The summed E-state index contributed by atoms with van der Waals surface area (Å²) in [5.74, 6) is 0. The third-order valence-electron chi connectivity index (χ3n) is 4.20. The lowest BCUT2D eigenvalue weighted by atomic mass is 10.1. The summed E-state index contributed by atoms with van der Waals surface area (Å²) >= 11 is 0. The topological polar surface area (TPSA) is 34.2 Å². The summed E-state index contributed by atoms with van der Waals surface area (Å²) in [6, 6.07) is 8.61. The van der Waals surface area contributed by atoms with Crippen molar-refractivity contribution in [2.45, 2.75) is 32.4 Å². The summed E-state index contributed by atoms with van der Waals surface area (Å²) in [7, 11) is 0. The average Bonchev–Trinajstić information content (AvgIpc) is 2.89.